The van der Waals surface area contributed by atoms with Crippen molar-refractivity contribution in [3.8, 4) is 0 Å². The number of rotatable bonds is 6. The molecule has 5 nitrogen and oxygen atoms in total. The van der Waals surface area contributed by atoms with Crippen LogP contribution in [0, 0.1) is 6.92 Å². The summed E-state index contributed by atoms with van der Waals surface area (Å²) in [4.78, 5) is 12.1. The average Bonchev–Trinajstić information content (AvgIpc) is 2.51. The molecular formula is C16H16BrClN2O3S. The van der Waals surface area contributed by atoms with E-state index in [9.17, 15) is 13.2 Å². The summed E-state index contributed by atoms with van der Waals surface area (Å²) < 4.78 is 27.3. The van der Waals surface area contributed by atoms with Gasteiger partial charge in [0.2, 0.25) is 15.9 Å². The van der Waals surface area contributed by atoms with Gasteiger partial charge in [-0.2, -0.15) is 0 Å². The Morgan fingerprint density at radius 2 is 1.83 bits per heavy atom. The maximum absolute atomic E-state index is 12.1. The summed E-state index contributed by atoms with van der Waals surface area (Å²) in [6.07, 6.45) is 0.0192. The average molecular weight is 432 g/mol. The first kappa shape index (κ1) is 18.9. The van der Waals surface area contributed by atoms with Crippen molar-refractivity contribution in [1.29, 1.82) is 0 Å². The summed E-state index contributed by atoms with van der Waals surface area (Å²) in [7, 11) is -3.61. The predicted molar refractivity (Wildman–Crippen MR) is 98.8 cm³/mol. The molecule has 8 heteroatoms. The molecule has 1 amide bonds. The molecule has 0 bridgehead atoms. The predicted octanol–water partition coefficient (Wildman–Crippen LogP) is 3.72. The van der Waals surface area contributed by atoms with Crippen molar-refractivity contribution in [1.82, 2.24) is 4.72 Å². The van der Waals surface area contributed by atoms with Crippen molar-refractivity contribution in [2.45, 2.75) is 18.2 Å². The Kier molecular flexibility index (Phi) is 6.40. The molecule has 0 unspecified atom stereocenters. The van der Waals surface area contributed by atoms with Gasteiger partial charge in [-0.3, -0.25) is 4.79 Å². The van der Waals surface area contributed by atoms with Crippen LogP contribution in [0.5, 0.6) is 0 Å². The zero-order chi connectivity index (χ0) is 17.7. The van der Waals surface area contributed by atoms with Gasteiger partial charge in [0.05, 0.1) is 9.92 Å². The minimum Gasteiger partial charge on any atom is -0.326 e. The largest absolute Gasteiger partial charge is 0.326 e. The van der Waals surface area contributed by atoms with E-state index in [1.165, 1.54) is 12.1 Å². The molecule has 0 spiro atoms. The smallest absolute Gasteiger partial charge is 0.240 e. The van der Waals surface area contributed by atoms with E-state index in [4.69, 9.17) is 11.6 Å². The number of benzene rings is 2. The molecule has 0 aliphatic heterocycles. The highest BCUT2D eigenvalue weighted by molar-refractivity contribution is 9.10. The minimum atomic E-state index is -3.61. The Balaban J connectivity index is 1.87. The van der Waals surface area contributed by atoms with Crippen LogP contribution in [0.2, 0.25) is 5.02 Å². The molecule has 0 saturated carbocycles. The van der Waals surface area contributed by atoms with E-state index in [-0.39, 0.29) is 23.8 Å². The van der Waals surface area contributed by atoms with E-state index in [2.05, 4.69) is 26.0 Å². The van der Waals surface area contributed by atoms with Crippen LogP contribution >= 0.6 is 27.5 Å². The number of carbonyl (C=O) groups is 1. The number of halogens is 2. The molecule has 2 aromatic carbocycles. The van der Waals surface area contributed by atoms with Gasteiger partial charge in [-0.15, -0.1) is 0 Å². The molecule has 2 rings (SSSR count). The quantitative estimate of drug-likeness (QED) is 0.732. The van der Waals surface area contributed by atoms with Gasteiger partial charge in [0, 0.05) is 23.1 Å². The van der Waals surface area contributed by atoms with E-state index < -0.39 is 10.0 Å². The fourth-order valence-electron chi connectivity index (χ4n) is 1.90. The van der Waals surface area contributed by atoms with Crippen LogP contribution in [-0.2, 0) is 14.8 Å². The molecule has 0 heterocycles. The minimum absolute atomic E-state index is 0.0107. The van der Waals surface area contributed by atoms with Gasteiger partial charge in [0.15, 0.2) is 0 Å². The Bertz CT molecular complexity index is 839. The standard InChI is InChI=1S/C16H16BrClN2O3S/c1-11-2-5-13(6-3-11)24(22,23)19-9-8-16(21)20-12-4-7-15(18)14(17)10-12/h2-7,10,19H,8-9H2,1H3,(H,20,21). The normalized spacial score (nSPS) is 11.3. The lowest BCUT2D eigenvalue weighted by Crippen LogP contribution is -2.27. The third-order valence-electron chi connectivity index (χ3n) is 3.18. The third-order valence-corrected chi connectivity index (χ3v) is 5.87. The van der Waals surface area contributed by atoms with E-state index in [1.807, 2.05) is 6.92 Å². The number of amides is 1. The van der Waals surface area contributed by atoms with Gasteiger partial charge in [-0.25, -0.2) is 13.1 Å². The van der Waals surface area contributed by atoms with Crippen molar-refractivity contribution in [2.24, 2.45) is 0 Å². The maximum atomic E-state index is 12.1. The molecule has 24 heavy (non-hydrogen) atoms. The highest BCUT2D eigenvalue weighted by Gasteiger charge is 2.14. The number of anilines is 1. The van der Waals surface area contributed by atoms with Gasteiger partial charge < -0.3 is 5.32 Å². The van der Waals surface area contributed by atoms with Gasteiger partial charge >= 0.3 is 0 Å². The van der Waals surface area contributed by atoms with Crippen LogP contribution in [0.1, 0.15) is 12.0 Å². The number of carbonyl (C=O) groups excluding carboxylic acids is 1. The van der Waals surface area contributed by atoms with Crippen molar-refractivity contribution in [3.05, 3.63) is 57.5 Å². The lowest BCUT2D eigenvalue weighted by molar-refractivity contribution is -0.116. The number of hydrogen-bond donors (Lipinski definition) is 2. The summed E-state index contributed by atoms with van der Waals surface area (Å²) in [6.45, 7) is 1.89. The molecule has 0 aromatic heterocycles. The second-order valence-corrected chi connectivity index (χ2v) is 8.17. The molecule has 0 saturated heterocycles. The van der Waals surface area contributed by atoms with Crippen molar-refractivity contribution in [2.75, 3.05) is 11.9 Å². The lowest BCUT2D eigenvalue weighted by atomic mass is 10.2. The van der Waals surface area contributed by atoms with Crippen LogP contribution in [-0.4, -0.2) is 20.9 Å². The van der Waals surface area contributed by atoms with Crippen LogP contribution in [0.3, 0.4) is 0 Å². The van der Waals surface area contributed by atoms with Gasteiger partial charge in [0.1, 0.15) is 0 Å². The van der Waals surface area contributed by atoms with Gasteiger partial charge in [-0.05, 0) is 53.2 Å². The highest BCUT2D eigenvalue weighted by Crippen LogP contribution is 2.25. The Labute approximate surface area is 154 Å². The summed E-state index contributed by atoms with van der Waals surface area (Å²) in [5.74, 6) is -0.296. The Morgan fingerprint density at radius 1 is 1.17 bits per heavy atom. The summed E-state index contributed by atoms with van der Waals surface area (Å²) >= 11 is 9.15. The zero-order valence-electron chi connectivity index (χ0n) is 12.8. The molecule has 128 valence electrons. The molecule has 2 aromatic rings. The molecule has 0 aliphatic rings. The number of nitrogens with one attached hydrogen (secondary N) is 2. The summed E-state index contributed by atoms with van der Waals surface area (Å²) in [5.41, 5.74) is 1.56. The second-order valence-electron chi connectivity index (χ2n) is 5.14. The zero-order valence-corrected chi connectivity index (χ0v) is 16.0. The maximum Gasteiger partial charge on any atom is 0.240 e. The van der Waals surface area contributed by atoms with E-state index in [0.717, 1.165) is 5.56 Å². The van der Waals surface area contributed by atoms with Crippen LogP contribution in [0.15, 0.2) is 51.8 Å². The van der Waals surface area contributed by atoms with Crippen LogP contribution in [0.4, 0.5) is 5.69 Å². The Hall–Kier alpha value is -1.41. The van der Waals surface area contributed by atoms with Crippen molar-refractivity contribution < 1.29 is 13.2 Å². The van der Waals surface area contributed by atoms with Crippen molar-refractivity contribution >= 4 is 49.1 Å². The SMILES string of the molecule is Cc1ccc(S(=O)(=O)NCCC(=O)Nc2ccc(Cl)c(Br)c2)cc1. The van der Waals surface area contributed by atoms with Crippen molar-refractivity contribution in [3.63, 3.8) is 0 Å². The topological polar surface area (TPSA) is 75.3 Å². The third kappa shape index (κ3) is 5.31. The van der Waals surface area contributed by atoms with E-state index >= 15 is 0 Å². The number of sulfonamides is 1. The molecule has 0 atom stereocenters. The molecular weight excluding hydrogens is 416 g/mol. The molecule has 0 aliphatic carbocycles. The Morgan fingerprint density at radius 3 is 2.46 bits per heavy atom. The molecule has 2 N–H and O–H groups in total. The first-order valence-electron chi connectivity index (χ1n) is 7.09. The fourth-order valence-corrected chi connectivity index (χ4v) is 3.43. The second kappa shape index (κ2) is 8.11. The summed E-state index contributed by atoms with van der Waals surface area (Å²) in [5, 5.41) is 3.22. The van der Waals surface area contributed by atoms with Gasteiger partial charge in [-0.1, -0.05) is 29.3 Å². The fraction of sp³-hybridized carbons (Fsp3) is 0.188. The monoisotopic (exact) mass is 430 g/mol. The van der Waals surface area contributed by atoms with Crippen LogP contribution in [0.25, 0.3) is 0 Å². The van der Waals surface area contributed by atoms with Gasteiger partial charge in [0.25, 0.3) is 0 Å². The lowest BCUT2D eigenvalue weighted by Gasteiger charge is -2.08. The summed E-state index contributed by atoms with van der Waals surface area (Å²) in [6, 6.07) is 11.5. The first-order chi connectivity index (χ1) is 11.3. The number of aryl methyl sites for hydroxylation is 1. The highest BCUT2D eigenvalue weighted by atomic mass is 79.9. The first-order valence-corrected chi connectivity index (χ1v) is 9.74. The van der Waals surface area contributed by atoms with E-state index in [1.54, 1.807) is 30.3 Å². The number of hydrogen-bond acceptors (Lipinski definition) is 3. The van der Waals surface area contributed by atoms with Crippen LogP contribution < -0.4 is 10.0 Å². The molecule has 0 fully saturated rings. The molecule has 0 radical (unpaired) electrons. The van der Waals surface area contributed by atoms with E-state index in [0.29, 0.717) is 15.2 Å².